The van der Waals surface area contributed by atoms with E-state index in [1.54, 1.807) is 0 Å². The SMILES string of the molecule is Nc1nc(-c2ccccc2Cl)nc2c1COCC2. The van der Waals surface area contributed by atoms with Crippen LogP contribution >= 0.6 is 11.6 Å². The zero-order valence-electron chi connectivity index (χ0n) is 9.69. The highest BCUT2D eigenvalue weighted by atomic mass is 35.5. The molecule has 1 aliphatic heterocycles. The Morgan fingerprint density at radius 2 is 2.06 bits per heavy atom. The largest absolute Gasteiger partial charge is 0.383 e. The summed E-state index contributed by atoms with van der Waals surface area (Å²) in [4.78, 5) is 8.87. The fraction of sp³-hybridized carbons (Fsp3) is 0.231. The number of rotatable bonds is 1. The maximum absolute atomic E-state index is 6.15. The highest BCUT2D eigenvalue weighted by Gasteiger charge is 2.17. The topological polar surface area (TPSA) is 61.0 Å². The minimum absolute atomic E-state index is 0.481. The van der Waals surface area contributed by atoms with Crippen LogP contribution in [0.25, 0.3) is 11.4 Å². The molecule has 0 fully saturated rings. The van der Waals surface area contributed by atoms with Crippen LogP contribution < -0.4 is 5.73 Å². The van der Waals surface area contributed by atoms with Crippen molar-refractivity contribution in [1.29, 1.82) is 0 Å². The van der Waals surface area contributed by atoms with Crippen molar-refractivity contribution in [2.24, 2.45) is 0 Å². The minimum atomic E-state index is 0.481. The highest BCUT2D eigenvalue weighted by molar-refractivity contribution is 6.33. The third-order valence-electron chi connectivity index (χ3n) is 2.97. The number of nitrogens with two attached hydrogens (primary N) is 1. The Bertz CT molecular complexity index is 601. The summed E-state index contributed by atoms with van der Waals surface area (Å²) >= 11 is 6.15. The van der Waals surface area contributed by atoms with Gasteiger partial charge in [0.15, 0.2) is 5.82 Å². The van der Waals surface area contributed by atoms with Gasteiger partial charge in [0.1, 0.15) is 5.82 Å². The molecule has 0 radical (unpaired) electrons. The van der Waals surface area contributed by atoms with E-state index >= 15 is 0 Å². The molecule has 0 saturated heterocycles. The molecule has 92 valence electrons. The van der Waals surface area contributed by atoms with E-state index in [0.717, 1.165) is 23.2 Å². The van der Waals surface area contributed by atoms with E-state index in [-0.39, 0.29) is 0 Å². The van der Waals surface area contributed by atoms with E-state index < -0.39 is 0 Å². The molecule has 0 aliphatic carbocycles. The number of nitrogen functional groups attached to an aromatic ring is 1. The molecule has 0 saturated carbocycles. The molecule has 0 atom stereocenters. The van der Waals surface area contributed by atoms with Crippen LogP contribution in [0.3, 0.4) is 0 Å². The van der Waals surface area contributed by atoms with Crippen LogP contribution in [0.15, 0.2) is 24.3 Å². The van der Waals surface area contributed by atoms with Crippen LogP contribution in [0.2, 0.25) is 5.02 Å². The van der Waals surface area contributed by atoms with Gasteiger partial charge in [-0.15, -0.1) is 0 Å². The van der Waals surface area contributed by atoms with Crippen molar-refractivity contribution in [2.75, 3.05) is 12.3 Å². The fourth-order valence-corrected chi connectivity index (χ4v) is 2.24. The number of nitrogens with zero attached hydrogens (tertiary/aromatic N) is 2. The Kier molecular flexibility index (Phi) is 2.89. The zero-order chi connectivity index (χ0) is 12.5. The van der Waals surface area contributed by atoms with E-state index in [4.69, 9.17) is 22.1 Å². The van der Waals surface area contributed by atoms with Gasteiger partial charge in [0.25, 0.3) is 0 Å². The van der Waals surface area contributed by atoms with Crippen molar-refractivity contribution in [1.82, 2.24) is 9.97 Å². The summed E-state index contributed by atoms with van der Waals surface area (Å²) in [5.74, 6) is 1.06. The number of halogens is 1. The van der Waals surface area contributed by atoms with Crippen molar-refractivity contribution in [3.8, 4) is 11.4 Å². The predicted octanol–water partition coefficient (Wildman–Crippen LogP) is 2.45. The first-order valence-electron chi connectivity index (χ1n) is 5.73. The number of hydrogen-bond donors (Lipinski definition) is 1. The number of anilines is 1. The summed E-state index contributed by atoms with van der Waals surface area (Å²) in [5.41, 5.74) is 8.62. The smallest absolute Gasteiger partial charge is 0.163 e. The molecule has 0 amide bonds. The summed E-state index contributed by atoms with van der Waals surface area (Å²) in [5, 5.41) is 0.629. The summed E-state index contributed by atoms with van der Waals surface area (Å²) < 4.78 is 5.36. The lowest BCUT2D eigenvalue weighted by Gasteiger charge is -2.17. The minimum Gasteiger partial charge on any atom is -0.383 e. The van der Waals surface area contributed by atoms with Crippen molar-refractivity contribution in [2.45, 2.75) is 13.0 Å². The molecule has 18 heavy (non-hydrogen) atoms. The summed E-state index contributed by atoms with van der Waals surface area (Å²) in [7, 11) is 0. The molecule has 4 nitrogen and oxygen atoms in total. The molecule has 2 heterocycles. The first-order valence-corrected chi connectivity index (χ1v) is 6.11. The highest BCUT2D eigenvalue weighted by Crippen LogP contribution is 2.28. The third kappa shape index (κ3) is 1.94. The predicted molar refractivity (Wildman–Crippen MR) is 70.3 cm³/mol. The monoisotopic (exact) mass is 261 g/mol. The van der Waals surface area contributed by atoms with Crippen molar-refractivity contribution >= 4 is 17.4 Å². The van der Waals surface area contributed by atoms with Crippen LogP contribution in [0.4, 0.5) is 5.82 Å². The Hall–Kier alpha value is -1.65. The molecular weight excluding hydrogens is 250 g/mol. The first kappa shape index (κ1) is 11.4. The van der Waals surface area contributed by atoms with E-state index in [1.807, 2.05) is 24.3 Å². The average molecular weight is 262 g/mol. The third-order valence-corrected chi connectivity index (χ3v) is 3.30. The number of hydrogen-bond acceptors (Lipinski definition) is 4. The van der Waals surface area contributed by atoms with Gasteiger partial charge < -0.3 is 10.5 Å². The summed E-state index contributed by atoms with van der Waals surface area (Å²) in [6, 6.07) is 7.49. The molecule has 1 aromatic carbocycles. The molecule has 1 aliphatic rings. The molecule has 0 spiro atoms. The Balaban J connectivity index is 2.14. The van der Waals surface area contributed by atoms with E-state index in [0.29, 0.717) is 29.9 Å². The second-order valence-electron chi connectivity index (χ2n) is 4.14. The molecule has 2 aromatic rings. The fourth-order valence-electron chi connectivity index (χ4n) is 2.02. The van der Waals surface area contributed by atoms with Gasteiger partial charge in [0.2, 0.25) is 0 Å². The van der Waals surface area contributed by atoms with Crippen LogP contribution in [0.5, 0.6) is 0 Å². The van der Waals surface area contributed by atoms with Crippen molar-refractivity contribution < 1.29 is 4.74 Å². The lowest BCUT2D eigenvalue weighted by Crippen LogP contribution is -2.16. The molecule has 2 N–H and O–H groups in total. The number of fused-ring (bicyclic) bond motifs is 1. The quantitative estimate of drug-likeness (QED) is 0.857. The lowest BCUT2D eigenvalue weighted by molar-refractivity contribution is 0.109. The second-order valence-corrected chi connectivity index (χ2v) is 4.55. The number of ether oxygens (including phenoxy) is 1. The number of aromatic nitrogens is 2. The maximum Gasteiger partial charge on any atom is 0.163 e. The Morgan fingerprint density at radius 3 is 2.89 bits per heavy atom. The molecule has 1 aromatic heterocycles. The molecule has 0 bridgehead atoms. The van der Waals surface area contributed by atoms with Gasteiger partial charge in [-0.1, -0.05) is 23.7 Å². The standard InChI is InChI=1S/C13H12ClN3O/c14-10-4-2-1-3-8(10)13-16-11-5-6-18-7-9(11)12(15)17-13/h1-4H,5-7H2,(H2,15,16,17). The van der Waals surface area contributed by atoms with Crippen molar-refractivity contribution in [3.05, 3.63) is 40.5 Å². The van der Waals surface area contributed by atoms with Gasteiger partial charge >= 0.3 is 0 Å². The normalized spacial score (nSPS) is 14.3. The van der Waals surface area contributed by atoms with E-state index in [1.165, 1.54) is 0 Å². The van der Waals surface area contributed by atoms with Crippen LogP contribution in [-0.2, 0) is 17.8 Å². The Labute approximate surface area is 110 Å². The molecule has 3 rings (SSSR count). The average Bonchev–Trinajstić information content (AvgIpc) is 2.39. The first-order chi connectivity index (χ1) is 8.75. The van der Waals surface area contributed by atoms with Gasteiger partial charge in [-0.05, 0) is 12.1 Å². The Morgan fingerprint density at radius 1 is 1.22 bits per heavy atom. The molecular formula is C13H12ClN3O. The van der Waals surface area contributed by atoms with Crippen LogP contribution in [-0.4, -0.2) is 16.6 Å². The summed E-state index contributed by atoms with van der Waals surface area (Å²) in [6.45, 7) is 1.16. The summed E-state index contributed by atoms with van der Waals surface area (Å²) in [6.07, 6.45) is 0.763. The van der Waals surface area contributed by atoms with Gasteiger partial charge in [0, 0.05) is 17.5 Å². The van der Waals surface area contributed by atoms with Crippen LogP contribution in [0, 0.1) is 0 Å². The van der Waals surface area contributed by atoms with Gasteiger partial charge in [-0.2, -0.15) is 0 Å². The van der Waals surface area contributed by atoms with Gasteiger partial charge in [0.05, 0.1) is 23.9 Å². The van der Waals surface area contributed by atoms with E-state index in [2.05, 4.69) is 9.97 Å². The van der Waals surface area contributed by atoms with Gasteiger partial charge in [-0.3, -0.25) is 0 Å². The number of benzene rings is 1. The van der Waals surface area contributed by atoms with Crippen molar-refractivity contribution in [3.63, 3.8) is 0 Å². The van der Waals surface area contributed by atoms with E-state index in [9.17, 15) is 0 Å². The van der Waals surface area contributed by atoms with Gasteiger partial charge in [-0.25, -0.2) is 9.97 Å². The van der Waals surface area contributed by atoms with Crippen LogP contribution in [0.1, 0.15) is 11.3 Å². The maximum atomic E-state index is 6.15. The molecule has 0 unspecified atom stereocenters. The zero-order valence-corrected chi connectivity index (χ0v) is 10.4. The second kappa shape index (κ2) is 4.55. The lowest BCUT2D eigenvalue weighted by atomic mass is 10.1. The molecule has 5 heteroatoms.